The van der Waals surface area contributed by atoms with E-state index in [1.54, 1.807) is 0 Å². The SMILES string of the molecule is O=C(N[C@H](C(=O)O)C1CCCCC1)c1ccc(C(F)(F)F)cc1[N+](=O)[O-]. The number of carboxylic acid groups (broad SMARTS) is 1. The van der Waals surface area contributed by atoms with Crippen LogP contribution in [0.25, 0.3) is 0 Å². The van der Waals surface area contributed by atoms with Crippen LogP contribution >= 0.6 is 0 Å². The Morgan fingerprint density at radius 3 is 2.35 bits per heavy atom. The zero-order chi connectivity index (χ0) is 19.5. The number of amides is 1. The molecule has 1 aromatic rings. The third kappa shape index (κ3) is 4.50. The van der Waals surface area contributed by atoms with Crippen molar-refractivity contribution in [3.05, 3.63) is 39.4 Å². The number of alkyl halides is 3. The van der Waals surface area contributed by atoms with E-state index in [0.717, 1.165) is 19.3 Å². The maximum absolute atomic E-state index is 12.7. The number of nitrogens with zero attached hydrogens (tertiary/aromatic N) is 1. The number of carbonyl (C=O) groups is 2. The number of halogens is 3. The molecule has 10 heteroatoms. The lowest BCUT2D eigenvalue weighted by molar-refractivity contribution is -0.385. The van der Waals surface area contributed by atoms with Crippen molar-refractivity contribution in [3.63, 3.8) is 0 Å². The molecule has 0 aromatic heterocycles. The molecule has 1 aromatic carbocycles. The number of nitro groups is 1. The number of nitro benzene ring substituents is 1. The van der Waals surface area contributed by atoms with Gasteiger partial charge in [-0.05, 0) is 30.9 Å². The van der Waals surface area contributed by atoms with Gasteiger partial charge in [0.1, 0.15) is 11.6 Å². The molecule has 0 unspecified atom stereocenters. The van der Waals surface area contributed by atoms with E-state index in [9.17, 15) is 38.0 Å². The molecular weight excluding hydrogens is 357 g/mol. The number of nitrogens with one attached hydrogen (secondary N) is 1. The normalized spacial score (nSPS) is 16.7. The van der Waals surface area contributed by atoms with Crippen LogP contribution < -0.4 is 5.32 Å². The lowest BCUT2D eigenvalue weighted by atomic mass is 9.83. The molecule has 0 aliphatic heterocycles. The molecule has 1 amide bonds. The first-order chi connectivity index (χ1) is 12.1. The summed E-state index contributed by atoms with van der Waals surface area (Å²) in [5, 5.41) is 22.7. The Bertz CT molecular complexity index is 714. The third-order valence-electron chi connectivity index (χ3n) is 4.44. The Morgan fingerprint density at radius 2 is 1.85 bits per heavy atom. The number of rotatable bonds is 5. The minimum absolute atomic E-state index is 0.269. The molecule has 142 valence electrons. The summed E-state index contributed by atoms with van der Waals surface area (Å²) in [5.74, 6) is -2.68. The van der Waals surface area contributed by atoms with E-state index in [1.807, 2.05) is 0 Å². The fraction of sp³-hybridized carbons (Fsp3) is 0.500. The number of hydrogen-bond donors (Lipinski definition) is 2. The summed E-state index contributed by atoms with van der Waals surface area (Å²) in [5.41, 5.74) is -2.89. The van der Waals surface area contributed by atoms with E-state index in [0.29, 0.717) is 25.0 Å². The first-order valence-corrected chi connectivity index (χ1v) is 8.00. The maximum atomic E-state index is 12.7. The van der Waals surface area contributed by atoms with E-state index in [2.05, 4.69) is 5.32 Å². The van der Waals surface area contributed by atoms with Crippen molar-refractivity contribution in [2.24, 2.45) is 5.92 Å². The van der Waals surface area contributed by atoms with Crippen LogP contribution in [-0.4, -0.2) is 27.9 Å². The number of carboxylic acids is 1. The Labute approximate surface area is 146 Å². The molecule has 2 N–H and O–H groups in total. The lowest BCUT2D eigenvalue weighted by Crippen LogP contribution is -2.46. The minimum atomic E-state index is -4.80. The summed E-state index contributed by atoms with van der Waals surface area (Å²) >= 11 is 0. The van der Waals surface area contributed by atoms with E-state index >= 15 is 0 Å². The highest BCUT2D eigenvalue weighted by Gasteiger charge is 2.36. The first kappa shape index (κ1) is 19.7. The first-order valence-electron chi connectivity index (χ1n) is 8.00. The largest absolute Gasteiger partial charge is 0.480 e. The van der Waals surface area contributed by atoms with Crippen molar-refractivity contribution in [2.75, 3.05) is 0 Å². The van der Waals surface area contributed by atoms with Gasteiger partial charge < -0.3 is 10.4 Å². The summed E-state index contributed by atoms with van der Waals surface area (Å²) < 4.78 is 38.2. The fourth-order valence-electron chi connectivity index (χ4n) is 3.12. The molecule has 0 bridgehead atoms. The molecular formula is C16H17F3N2O5. The fourth-order valence-corrected chi connectivity index (χ4v) is 3.12. The summed E-state index contributed by atoms with van der Waals surface area (Å²) in [7, 11) is 0. The van der Waals surface area contributed by atoms with Crippen LogP contribution in [0.15, 0.2) is 18.2 Å². The van der Waals surface area contributed by atoms with Crippen LogP contribution in [0.5, 0.6) is 0 Å². The third-order valence-corrected chi connectivity index (χ3v) is 4.44. The van der Waals surface area contributed by atoms with Crippen LogP contribution in [-0.2, 0) is 11.0 Å². The predicted molar refractivity (Wildman–Crippen MR) is 83.6 cm³/mol. The van der Waals surface area contributed by atoms with Crippen LogP contribution in [0.1, 0.15) is 48.0 Å². The number of hydrogen-bond acceptors (Lipinski definition) is 4. The number of aliphatic carboxylic acids is 1. The van der Waals surface area contributed by atoms with Gasteiger partial charge in [0.05, 0.1) is 10.5 Å². The molecule has 2 rings (SSSR count). The van der Waals surface area contributed by atoms with Crippen molar-refractivity contribution >= 4 is 17.6 Å². The van der Waals surface area contributed by atoms with Crippen LogP contribution in [0.4, 0.5) is 18.9 Å². The average Bonchev–Trinajstić information content (AvgIpc) is 2.58. The van der Waals surface area contributed by atoms with Crippen molar-refractivity contribution in [3.8, 4) is 0 Å². The van der Waals surface area contributed by atoms with Crippen molar-refractivity contribution in [2.45, 2.75) is 44.3 Å². The molecule has 0 radical (unpaired) electrons. The molecule has 0 heterocycles. The minimum Gasteiger partial charge on any atom is -0.480 e. The second-order valence-corrected chi connectivity index (χ2v) is 6.17. The van der Waals surface area contributed by atoms with Gasteiger partial charge in [0.15, 0.2) is 0 Å². The van der Waals surface area contributed by atoms with Gasteiger partial charge in [-0.15, -0.1) is 0 Å². The molecule has 1 aliphatic carbocycles. The zero-order valence-electron chi connectivity index (χ0n) is 13.6. The molecule has 1 saturated carbocycles. The second kappa shape index (κ2) is 7.71. The molecule has 1 aliphatic rings. The van der Waals surface area contributed by atoms with E-state index in [4.69, 9.17) is 0 Å². The van der Waals surface area contributed by atoms with Gasteiger partial charge in [-0.1, -0.05) is 19.3 Å². The summed E-state index contributed by atoms with van der Waals surface area (Å²) in [4.78, 5) is 33.8. The van der Waals surface area contributed by atoms with Crippen LogP contribution in [0.2, 0.25) is 0 Å². The van der Waals surface area contributed by atoms with Gasteiger partial charge in [0.25, 0.3) is 11.6 Å². The molecule has 1 atom stereocenters. The Morgan fingerprint density at radius 1 is 1.23 bits per heavy atom. The molecule has 7 nitrogen and oxygen atoms in total. The molecule has 0 saturated heterocycles. The van der Waals surface area contributed by atoms with Gasteiger partial charge in [-0.2, -0.15) is 13.2 Å². The quantitative estimate of drug-likeness (QED) is 0.607. The van der Waals surface area contributed by atoms with Gasteiger partial charge in [-0.3, -0.25) is 14.9 Å². The van der Waals surface area contributed by atoms with Crippen molar-refractivity contribution < 1.29 is 32.8 Å². The van der Waals surface area contributed by atoms with Gasteiger partial charge in [0, 0.05) is 6.07 Å². The van der Waals surface area contributed by atoms with E-state index in [-0.39, 0.29) is 12.0 Å². The lowest BCUT2D eigenvalue weighted by Gasteiger charge is -2.28. The monoisotopic (exact) mass is 374 g/mol. The van der Waals surface area contributed by atoms with Gasteiger partial charge >= 0.3 is 12.1 Å². The molecule has 26 heavy (non-hydrogen) atoms. The van der Waals surface area contributed by atoms with Crippen LogP contribution in [0, 0.1) is 16.0 Å². The standard InChI is InChI=1S/C16H17F3N2O5/c17-16(18,19)10-6-7-11(12(8-10)21(25)26)14(22)20-13(15(23)24)9-4-2-1-3-5-9/h6-9,13H,1-5H2,(H,20,22)(H,23,24)/t13-/m0/s1. The zero-order valence-corrected chi connectivity index (χ0v) is 13.6. The van der Waals surface area contributed by atoms with Gasteiger partial charge in [0.2, 0.25) is 0 Å². The van der Waals surface area contributed by atoms with Crippen LogP contribution in [0.3, 0.4) is 0 Å². The second-order valence-electron chi connectivity index (χ2n) is 6.17. The van der Waals surface area contributed by atoms with Crippen molar-refractivity contribution in [1.29, 1.82) is 0 Å². The average molecular weight is 374 g/mol. The molecule has 1 fully saturated rings. The Balaban J connectivity index is 2.29. The number of benzene rings is 1. The highest BCUT2D eigenvalue weighted by molar-refractivity contribution is 6.00. The summed E-state index contributed by atoms with van der Waals surface area (Å²) in [6, 6.07) is 0.268. The topological polar surface area (TPSA) is 110 Å². The Kier molecular flexibility index (Phi) is 5.83. The molecule has 0 spiro atoms. The highest BCUT2D eigenvalue weighted by atomic mass is 19.4. The highest BCUT2D eigenvalue weighted by Crippen LogP contribution is 2.33. The van der Waals surface area contributed by atoms with Gasteiger partial charge in [-0.25, -0.2) is 4.79 Å². The maximum Gasteiger partial charge on any atom is 0.416 e. The summed E-state index contributed by atoms with van der Waals surface area (Å²) in [6.45, 7) is 0. The smallest absolute Gasteiger partial charge is 0.416 e. The van der Waals surface area contributed by atoms with E-state index in [1.165, 1.54) is 0 Å². The Hall–Kier alpha value is -2.65. The summed E-state index contributed by atoms with van der Waals surface area (Å²) in [6.07, 6.45) is -1.04. The van der Waals surface area contributed by atoms with Crippen molar-refractivity contribution in [1.82, 2.24) is 5.32 Å². The predicted octanol–water partition coefficient (Wildman–Crippen LogP) is 3.38. The number of carbonyl (C=O) groups excluding carboxylic acids is 1. The van der Waals surface area contributed by atoms with E-state index < -0.39 is 45.8 Å².